The molecule has 1 aromatic heterocycles. The van der Waals surface area contributed by atoms with Gasteiger partial charge in [-0.1, -0.05) is 0 Å². The van der Waals surface area contributed by atoms with Crippen LogP contribution >= 0.6 is 0 Å². The molecule has 6 nitrogen and oxygen atoms in total. The number of rotatable bonds is 3. The Labute approximate surface area is 82.8 Å². The molecule has 0 N–H and O–H groups in total. The number of nitrogens with zero attached hydrogens (tertiary/aromatic N) is 5. The Bertz CT molecular complexity index is 281. The molecule has 2 heterocycles. The molecule has 0 unspecified atom stereocenters. The van der Waals surface area contributed by atoms with Crippen molar-refractivity contribution in [3.63, 3.8) is 0 Å². The number of hydrogen-bond donors (Lipinski definition) is 0. The van der Waals surface area contributed by atoms with E-state index >= 15 is 0 Å². The van der Waals surface area contributed by atoms with Crippen molar-refractivity contribution >= 4 is 0 Å². The van der Waals surface area contributed by atoms with Crippen molar-refractivity contribution < 1.29 is 4.74 Å². The summed E-state index contributed by atoms with van der Waals surface area (Å²) < 4.78 is 7.10. The van der Waals surface area contributed by atoms with Crippen LogP contribution in [0.2, 0.25) is 0 Å². The number of morpholine rings is 1. The van der Waals surface area contributed by atoms with Crippen molar-refractivity contribution in [2.45, 2.75) is 13.5 Å². The molecule has 0 atom stereocenters. The molecule has 1 aliphatic heterocycles. The van der Waals surface area contributed by atoms with Crippen molar-refractivity contribution in [2.24, 2.45) is 0 Å². The normalized spacial score (nSPS) is 18.6. The molecule has 0 radical (unpaired) electrons. The van der Waals surface area contributed by atoms with E-state index in [0.717, 1.165) is 45.2 Å². The molecule has 0 saturated carbocycles. The minimum atomic E-state index is 0.842. The first-order chi connectivity index (χ1) is 6.86. The number of aryl methyl sites for hydroxylation is 1. The van der Waals surface area contributed by atoms with Gasteiger partial charge in [-0.05, 0) is 17.4 Å². The SMILES string of the molecule is Cc1nnnn1CCN1CCOCC1. The Kier molecular flexibility index (Phi) is 3.05. The van der Waals surface area contributed by atoms with E-state index in [2.05, 4.69) is 20.4 Å². The standard InChI is InChI=1S/C8H15N5O/c1-8-9-10-11-13(8)3-2-12-4-6-14-7-5-12/h2-7H2,1H3. The summed E-state index contributed by atoms with van der Waals surface area (Å²) in [5.41, 5.74) is 0. The fourth-order valence-corrected chi connectivity index (χ4v) is 1.52. The van der Waals surface area contributed by atoms with Crippen LogP contribution in [0.1, 0.15) is 5.82 Å². The highest BCUT2D eigenvalue weighted by Crippen LogP contribution is 1.97. The second-order valence-corrected chi connectivity index (χ2v) is 3.40. The molecule has 6 heteroatoms. The summed E-state index contributed by atoms with van der Waals surface area (Å²) in [6.07, 6.45) is 0. The quantitative estimate of drug-likeness (QED) is 0.642. The first kappa shape index (κ1) is 9.54. The van der Waals surface area contributed by atoms with Gasteiger partial charge in [-0.15, -0.1) is 5.10 Å². The minimum absolute atomic E-state index is 0.842. The van der Waals surface area contributed by atoms with E-state index in [-0.39, 0.29) is 0 Å². The Hall–Kier alpha value is -1.01. The van der Waals surface area contributed by atoms with Crippen LogP contribution in [-0.2, 0) is 11.3 Å². The molecule has 0 aromatic carbocycles. The van der Waals surface area contributed by atoms with E-state index in [1.54, 1.807) is 0 Å². The first-order valence-corrected chi connectivity index (χ1v) is 4.89. The van der Waals surface area contributed by atoms with E-state index in [0.29, 0.717) is 0 Å². The van der Waals surface area contributed by atoms with Gasteiger partial charge in [-0.2, -0.15) is 0 Å². The van der Waals surface area contributed by atoms with Crippen LogP contribution in [0.3, 0.4) is 0 Å². The minimum Gasteiger partial charge on any atom is -0.379 e. The summed E-state index contributed by atoms with van der Waals surface area (Å²) in [7, 11) is 0. The van der Waals surface area contributed by atoms with Crippen LogP contribution in [0.25, 0.3) is 0 Å². The molecular formula is C8H15N5O. The average Bonchev–Trinajstić information content (AvgIpc) is 2.63. The maximum atomic E-state index is 5.27. The Morgan fingerprint density at radius 1 is 1.29 bits per heavy atom. The first-order valence-electron chi connectivity index (χ1n) is 4.89. The van der Waals surface area contributed by atoms with Gasteiger partial charge in [0.1, 0.15) is 5.82 Å². The van der Waals surface area contributed by atoms with E-state index in [1.165, 1.54) is 0 Å². The molecule has 0 spiro atoms. The van der Waals surface area contributed by atoms with Gasteiger partial charge in [0.2, 0.25) is 0 Å². The van der Waals surface area contributed by atoms with Gasteiger partial charge in [0, 0.05) is 19.6 Å². The average molecular weight is 197 g/mol. The summed E-state index contributed by atoms with van der Waals surface area (Å²) in [5, 5.41) is 11.3. The van der Waals surface area contributed by atoms with E-state index in [1.807, 2.05) is 11.6 Å². The molecule has 78 valence electrons. The largest absolute Gasteiger partial charge is 0.379 e. The van der Waals surface area contributed by atoms with Gasteiger partial charge in [-0.25, -0.2) is 4.68 Å². The number of ether oxygens (including phenoxy) is 1. The van der Waals surface area contributed by atoms with Crippen molar-refractivity contribution in [1.29, 1.82) is 0 Å². The van der Waals surface area contributed by atoms with Crippen LogP contribution in [-0.4, -0.2) is 58.0 Å². The molecule has 1 aliphatic rings. The second-order valence-electron chi connectivity index (χ2n) is 3.40. The number of aromatic nitrogens is 4. The number of tetrazole rings is 1. The highest BCUT2D eigenvalue weighted by molar-refractivity contribution is 4.73. The maximum Gasteiger partial charge on any atom is 0.148 e. The van der Waals surface area contributed by atoms with Gasteiger partial charge < -0.3 is 4.74 Å². The zero-order valence-electron chi connectivity index (χ0n) is 8.39. The van der Waals surface area contributed by atoms with Gasteiger partial charge in [0.05, 0.1) is 19.8 Å². The second kappa shape index (κ2) is 4.47. The van der Waals surface area contributed by atoms with Crippen LogP contribution in [0, 0.1) is 6.92 Å². The van der Waals surface area contributed by atoms with Crippen LogP contribution in [0.15, 0.2) is 0 Å². The van der Waals surface area contributed by atoms with Crippen LogP contribution in [0.4, 0.5) is 0 Å². The molecule has 1 saturated heterocycles. The molecular weight excluding hydrogens is 182 g/mol. The lowest BCUT2D eigenvalue weighted by Gasteiger charge is -2.26. The molecule has 0 amide bonds. The third-order valence-electron chi connectivity index (χ3n) is 2.44. The highest BCUT2D eigenvalue weighted by Gasteiger charge is 2.10. The molecule has 1 fully saturated rings. The van der Waals surface area contributed by atoms with Crippen molar-refractivity contribution in [3.05, 3.63) is 5.82 Å². The topological polar surface area (TPSA) is 56.1 Å². The fraction of sp³-hybridized carbons (Fsp3) is 0.875. The Morgan fingerprint density at radius 3 is 2.71 bits per heavy atom. The smallest absolute Gasteiger partial charge is 0.148 e. The zero-order valence-corrected chi connectivity index (χ0v) is 8.39. The van der Waals surface area contributed by atoms with Gasteiger partial charge >= 0.3 is 0 Å². The zero-order chi connectivity index (χ0) is 9.80. The Morgan fingerprint density at radius 2 is 2.07 bits per heavy atom. The summed E-state index contributed by atoms with van der Waals surface area (Å²) in [4.78, 5) is 2.37. The fourth-order valence-electron chi connectivity index (χ4n) is 1.52. The van der Waals surface area contributed by atoms with Crippen molar-refractivity contribution in [3.8, 4) is 0 Å². The number of hydrogen-bond acceptors (Lipinski definition) is 5. The molecule has 0 aliphatic carbocycles. The van der Waals surface area contributed by atoms with Crippen molar-refractivity contribution in [1.82, 2.24) is 25.1 Å². The Balaban J connectivity index is 1.79. The van der Waals surface area contributed by atoms with E-state index in [4.69, 9.17) is 4.74 Å². The molecule has 2 rings (SSSR count). The van der Waals surface area contributed by atoms with Gasteiger partial charge in [-0.3, -0.25) is 4.90 Å². The predicted octanol–water partition coefficient (Wildman–Crippen LogP) is -0.686. The third kappa shape index (κ3) is 2.27. The van der Waals surface area contributed by atoms with Gasteiger partial charge in [0.25, 0.3) is 0 Å². The molecule has 14 heavy (non-hydrogen) atoms. The predicted molar refractivity (Wildman–Crippen MR) is 49.8 cm³/mol. The summed E-state index contributed by atoms with van der Waals surface area (Å²) >= 11 is 0. The van der Waals surface area contributed by atoms with Crippen LogP contribution < -0.4 is 0 Å². The highest BCUT2D eigenvalue weighted by atomic mass is 16.5. The lowest BCUT2D eigenvalue weighted by atomic mass is 10.4. The van der Waals surface area contributed by atoms with Crippen molar-refractivity contribution in [2.75, 3.05) is 32.8 Å². The third-order valence-corrected chi connectivity index (χ3v) is 2.44. The van der Waals surface area contributed by atoms with E-state index < -0.39 is 0 Å². The molecule has 1 aromatic rings. The van der Waals surface area contributed by atoms with Gasteiger partial charge in [0.15, 0.2) is 0 Å². The van der Waals surface area contributed by atoms with Crippen LogP contribution in [0.5, 0.6) is 0 Å². The van der Waals surface area contributed by atoms with E-state index in [9.17, 15) is 0 Å². The summed E-state index contributed by atoms with van der Waals surface area (Å²) in [5.74, 6) is 0.873. The lowest BCUT2D eigenvalue weighted by molar-refractivity contribution is 0.0358. The summed E-state index contributed by atoms with van der Waals surface area (Å²) in [6, 6.07) is 0. The molecule has 0 bridgehead atoms. The summed E-state index contributed by atoms with van der Waals surface area (Å²) in [6.45, 7) is 7.49. The maximum absolute atomic E-state index is 5.27. The monoisotopic (exact) mass is 197 g/mol. The lowest BCUT2D eigenvalue weighted by Crippen LogP contribution is -2.38.